The minimum absolute atomic E-state index is 0.697. The van der Waals surface area contributed by atoms with Crippen molar-refractivity contribution in [3.8, 4) is 0 Å². The highest BCUT2D eigenvalue weighted by Gasteiger charge is 2.33. The van der Waals surface area contributed by atoms with Crippen LogP contribution in [0.25, 0.3) is 0 Å². The summed E-state index contributed by atoms with van der Waals surface area (Å²) in [6.07, 6.45) is -3.55. The van der Waals surface area contributed by atoms with Crippen LogP contribution in [0.5, 0.6) is 0 Å². The maximum atomic E-state index is 12.4. The van der Waals surface area contributed by atoms with Gasteiger partial charge in [0.25, 0.3) is 0 Å². The summed E-state index contributed by atoms with van der Waals surface area (Å²) in [5, 5.41) is 34.4. The topological polar surface area (TPSA) is 234 Å². The Morgan fingerprint density at radius 2 is 1.29 bits per heavy atom. The van der Waals surface area contributed by atoms with Gasteiger partial charge in [0.15, 0.2) is 6.04 Å². The summed E-state index contributed by atoms with van der Waals surface area (Å²) in [6.45, 7) is 3.66. The highest BCUT2D eigenvalue weighted by Crippen LogP contribution is 2.01. The number of nitrogens with two attached hydrogens (primary N) is 2. The molecule has 0 aliphatic heterocycles. The predicted molar refractivity (Wildman–Crippen MR) is 94.3 cm³/mol. The molecule has 0 saturated carbocycles. The molecule has 0 fully saturated rings. The number of aliphatic hydroxyl groups is 2. The van der Waals surface area contributed by atoms with Crippen molar-refractivity contribution in [2.24, 2.45) is 11.5 Å². The molecule has 0 spiro atoms. The molecule has 6 unspecified atom stereocenters. The number of rotatable bonds is 11. The normalized spacial score (nSPS) is 17.2. The molecule has 0 aromatic rings. The number of carbonyl (C=O) groups is 5. The molecule has 4 amide bonds. The monoisotopic (exact) mass is 405 g/mol. The first-order valence-corrected chi connectivity index (χ1v) is 8.31. The molecule has 13 heteroatoms. The zero-order valence-corrected chi connectivity index (χ0v) is 15.7. The van der Waals surface area contributed by atoms with Crippen LogP contribution < -0.4 is 27.4 Å². The van der Waals surface area contributed by atoms with E-state index in [2.05, 4.69) is 10.6 Å². The maximum Gasteiger partial charge on any atom is 0.328 e. The largest absolute Gasteiger partial charge is 0.480 e. The van der Waals surface area contributed by atoms with Gasteiger partial charge in [0.1, 0.15) is 12.1 Å². The van der Waals surface area contributed by atoms with Gasteiger partial charge in [-0.3, -0.25) is 19.2 Å². The van der Waals surface area contributed by atoms with Gasteiger partial charge in [0.05, 0.1) is 24.7 Å². The van der Waals surface area contributed by atoms with E-state index < -0.39 is 72.4 Å². The Morgan fingerprint density at radius 3 is 1.64 bits per heavy atom. The third kappa shape index (κ3) is 8.28. The molecule has 28 heavy (non-hydrogen) atoms. The molecule has 0 radical (unpaired) electrons. The van der Waals surface area contributed by atoms with Crippen molar-refractivity contribution in [3.05, 3.63) is 0 Å². The average molecular weight is 405 g/mol. The summed E-state index contributed by atoms with van der Waals surface area (Å²) in [7, 11) is 0. The van der Waals surface area contributed by atoms with Gasteiger partial charge in [-0.1, -0.05) is 0 Å². The third-order valence-electron chi connectivity index (χ3n) is 3.56. The van der Waals surface area contributed by atoms with Gasteiger partial charge in [-0.05, 0) is 20.8 Å². The number of aliphatic hydroxyl groups excluding tert-OH is 2. The maximum absolute atomic E-state index is 12.4. The first-order chi connectivity index (χ1) is 12.8. The van der Waals surface area contributed by atoms with E-state index in [1.165, 1.54) is 13.8 Å². The molecule has 10 N–H and O–H groups in total. The van der Waals surface area contributed by atoms with Gasteiger partial charge in [-0.25, -0.2) is 4.79 Å². The van der Waals surface area contributed by atoms with Crippen LogP contribution in [0.15, 0.2) is 0 Å². The minimum Gasteiger partial charge on any atom is -0.480 e. The van der Waals surface area contributed by atoms with Crippen molar-refractivity contribution in [2.45, 2.75) is 63.6 Å². The fraction of sp³-hybridized carbons (Fsp3) is 0.667. The summed E-state index contributed by atoms with van der Waals surface area (Å²) in [6, 6.07) is -5.81. The van der Waals surface area contributed by atoms with Crippen molar-refractivity contribution in [1.29, 1.82) is 0 Å². The van der Waals surface area contributed by atoms with Crippen LogP contribution in [-0.4, -0.2) is 81.3 Å². The zero-order chi connectivity index (χ0) is 22.2. The molecule has 0 rings (SSSR count). The predicted octanol–water partition coefficient (Wildman–Crippen LogP) is -4.49. The number of amides is 4. The van der Waals surface area contributed by atoms with Gasteiger partial charge < -0.3 is 42.7 Å². The number of nitrogens with one attached hydrogen (secondary N) is 3. The molecule has 160 valence electrons. The van der Waals surface area contributed by atoms with Gasteiger partial charge in [0.2, 0.25) is 23.6 Å². The Hall–Kier alpha value is -2.77. The summed E-state index contributed by atoms with van der Waals surface area (Å²) in [5.41, 5.74) is 10.4. The highest BCUT2D eigenvalue weighted by molar-refractivity contribution is 5.96. The lowest BCUT2D eigenvalue weighted by atomic mass is 10.1. The van der Waals surface area contributed by atoms with Gasteiger partial charge in [-0.2, -0.15) is 0 Å². The molecule has 6 atom stereocenters. The van der Waals surface area contributed by atoms with E-state index in [-0.39, 0.29) is 0 Å². The Kier molecular flexibility index (Phi) is 10.1. The molecule has 0 aromatic heterocycles. The number of carbonyl (C=O) groups excluding carboxylic acids is 4. The highest BCUT2D eigenvalue weighted by atomic mass is 16.4. The van der Waals surface area contributed by atoms with Crippen LogP contribution >= 0.6 is 0 Å². The first kappa shape index (κ1) is 25.2. The number of aliphatic carboxylic acids is 1. The quantitative estimate of drug-likeness (QED) is 0.165. The Labute approximate surface area is 160 Å². The number of hydrogen-bond donors (Lipinski definition) is 8. The lowest BCUT2D eigenvalue weighted by Crippen LogP contribution is -2.60. The summed E-state index contributed by atoms with van der Waals surface area (Å²) >= 11 is 0. The molecular formula is C15H27N5O8. The van der Waals surface area contributed by atoms with E-state index in [4.69, 9.17) is 16.6 Å². The second-order valence-electron chi connectivity index (χ2n) is 6.31. The summed E-state index contributed by atoms with van der Waals surface area (Å²) < 4.78 is 0. The Morgan fingerprint density at radius 1 is 0.821 bits per heavy atom. The summed E-state index contributed by atoms with van der Waals surface area (Å²) in [4.78, 5) is 58.6. The Balaban J connectivity index is 5.41. The van der Waals surface area contributed by atoms with Crippen LogP contribution in [-0.2, 0) is 24.0 Å². The zero-order valence-electron chi connectivity index (χ0n) is 15.7. The van der Waals surface area contributed by atoms with E-state index in [1.807, 2.05) is 5.32 Å². The van der Waals surface area contributed by atoms with Crippen LogP contribution in [0.3, 0.4) is 0 Å². The molecule has 0 aliphatic carbocycles. The van der Waals surface area contributed by atoms with E-state index in [0.29, 0.717) is 0 Å². The van der Waals surface area contributed by atoms with Crippen LogP contribution in [0.4, 0.5) is 0 Å². The average Bonchev–Trinajstić information content (AvgIpc) is 2.54. The van der Waals surface area contributed by atoms with Gasteiger partial charge in [0, 0.05) is 0 Å². The molecule has 0 bridgehead atoms. The number of hydrogen-bond acceptors (Lipinski definition) is 8. The SMILES string of the molecule is CC(N)C(=O)NC(C(=O)NC(CC(N)=O)C(=O)NC(C(=O)O)C(C)O)C(C)O. The molecule has 0 heterocycles. The molecule has 0 saturated heterocycles. The van der Waals surface area contributed by atoms with Crippen LogP contribution in [0.1, 0.15) is 27.2 Å². The second kappa shape index (κ2) is 11.2. The fourth-order valence-electron chi connectivity index (χ4n) is 2.00. The smallest absolute Gasteiger partial charge is 0.328 e. The van der Waals surface area contributed by atoms with Crippen LogP contribution in [0, 0.1) is 0 Å². The molecule has 13 nitrogen and oxygen atoms in total. The number of carboxylic acid groups (broad SMARTS) is 1. The summed E-state index contributed by atoms with van der Waals surface area (Å²) in [5.74, 6) is -5.43. The first-order valence-electron chi connectivity index (χ1n) is 8.31. The second-order valence-corrected chi connectivity index (χ2v) is 6.31. The van der Waals surface area contributed by atoms with Crippen LogP contribution in [0.2, 0.25) is 0 Å². The standard InChI is InChI=1S/C15H27N5O8/c1-5(16)12(24)19-10(6(2)21)14(26)18-8(4-9(17)23)13(25)20-11(7(3)22)15(27)28/h5-8,10-11,21-22H,4,16H2,1-3H3,(H2,17,23)(H,18,26)(H,19,24)(H,20,25)(H,27,28). The molecular weight excluding hydrogens is 378 g/mol. The third-order valence-corrected chi connectivity index (χ3v) is 3.56. The van der Waals surface area contributed by atoms with E-state index in [0.717, 1.165) is 6.92 Å². The van der Waals surface area contributed by atoms with Crippen molar-refractivity contribution in [3.63, 3.8) is 0 Å². The number of carboxylic acids is 1. The molecule has 0 aliphatic rings. The van der Waals surface area contributed by atoms with Gasteiger partial charge in [-0.15, -0.1) is 0 Å². The van der Waals surface area contributed by atoms with Crippen molar-refractivity contribution >= 4 is 29.6 Å². The Bertz CT molecular complexity index is 607. The van der Waals surface area contributed by atoms with Gasteiger partial charge >= 0.3 is 5.97 Å². The fourth-order valence-corrected chi connectivity index (χ4v) is 2.00. The van der Waals surface area contributed by atoms with Crippen molar-refractivity contribution in [2.75, 3.05) is 0 Å². The van der Waals surface area contributed by atoms with Crippen molar-refractivity contribution < 1.29 is 39.3 Å². The van der Waals surface area contributed by atoms with E-state index >= 15 is 0 Å². The minimum atomic E-state index is -1.70. The lowest BCUT2D eigenvalue weighted by Gasteiger charge is -2.26. The van der Waals surface area contributed by atoms with E-state index in [1.54, 1.807) is 0 Å². The van der Waals surface area contributed by atoms with E-state index in [9.17, 15) is 34.2 Å². The molecule has 0 aromatic carbocycles. The number of primary amides is 1. The lowest BCUT2D eigenvalue weighted by molar-refractivity contribution is -0.145. The van der Waals surface area contributed by atoms with Crippen molar-refractivity contribution in [1.82, 2.24) is 16.0 Å².